The summed E-state index contributed by atoms with van der Waals surface area (Å²) in [7, 11) is 0. The zero-order chi connectivity index (χ0) is 23.8. The van der Waals surface area contributed by atoms with Gasteiger partial charge in [-0.1, -0.05) is 56.3 Å². The molecule has 1 saturated heterocycles. The van der Waals surface area contributed by atoms with E-state index in [1.165, 1.54) is 11.1 Å². The lowest BCUT2D eigenvalue weighted by Gasteiger charge is -2.35. The smallest absolute Gasteiger partial charge is 0.410 e. The summed E-state index contributed by atoms with van der Waals surface area (Å²) in [6.45, 7) is 14.6. The normalized spacial score (nSPS) is 15.3. The summed E-state index contributed by atoms with van der Waals surface area (Å²) in [5.41, 5.74) is 3.31. The maximum Gasteiger partial charge on any atom is 0.410 e. The first-order valence-corrected chi connectivity index (χ1v) is 11.9. The Balaban J connectivity index is 1.40. The molecular formula is C28H38N2O3. The molecule has 0 bridgehead atoms. The Hall–Kier alpha value is -2.79. The molecule has 0 saturated carbocycles. The zero-order valence-corrected chi connectivity index (χ0v) is 20.7. The fourth-order valence-corrected chi connectivity index (χ4v) is 3.68. The molecule has 1 amide bonds. The van der Waals surface area contributed by atoms with Crippen LogP contribution in [-0.2, 0) is 11.3 Å². The van der Waals surface area contributed by atoms with E-state index in [4.69, 9.17) is 9.47 Å². The van der Waals surface area contributed by atoms with Gasteiger partial charge in [-0.05, 0) is 61.6 Å². The minimum atomic E-state index is -0.449. The number of carbonyl (C=O) groups is 1. The Labute approximate surface area is 199 Å². The minimum Gasteiger partial charge on any atom is -0.490 e. The van der Waals surface area contributed by atoms with Crippen molar-refractivity contribution in [1.29, 1.82) is 0 Å². The van der Waals surface area contributed by atoms with Crippen LogP contribution in [0.25, 0.3) is 6.08 Å². The lowest BCUT2D eigenvalue weighted by Crippen LogP contribution is -2.49. The van der Waals surface area contributed by atoms with Crippen molar-refractivity contribution in [2.24, 2.45) is 0 Å². The molecular weight excluding hydrogens is 412 g/mol. The highest BCUT2D eigenvalue weighted by atomic mass is 16.6. The van der Waals surface area contributed by atoms with Gasteiger partial charge in [0.05, 0.1) is 0 Å². The average molecular weight is 451 g/mol. The molecule has 3 rings (SSSR count). The molecule has 33 heavy (non-hydrogen) atoms. The molecule has 1 heterocycles. The number of carbonyl (C=O) groups excluding carboxylic acids is 1. The summed E-state index contributed by atoms with van der Waals surface area (Å²) in [5, 5.41) is 0. The third-order valence-corrected chi connectivity index (χ3v) is 5.61. The molecule has 1 aliphatic heterocycles. The molecule has 1 aliphatic rings. The van der Waals surface area contributed by atoms with Gasteiger partial charge in [0.1, 0.15) is 18.0 Å². The van der Waals surface area contributed by atoms with Crippen LogP contribution in [0.4, 0.5) is 4.79 Å². The molecule has 2 aromatic carbocycles. The van der Waals surface area contributed by atoms with Crippen LogP contribution in [0.15, 0.2) is 54.6 Å². The van der Waals surface area contributed by atoms with E-state index in [1.807, 2.05) is 39.0 Å². The Morgan fingerprint density at radius 2 is 1.61 bits per heavy atom. The lowest BCUT2D eigenvalue weighted by atomic mass is 10.0. The predicted molar refractivity (Wildman–Crippen MR) is 135 cm³/mol. The number of benzene rings is 2. The van der Waals surface area contributed by atoms with Crippen LogP contribution in [0.1, 0.15) is 57.2 Å². The zero-order valence-electron chi connectivity index (χ0n) is 20.7. The van der Waals surface area contributed by atoms with Gasteiger partial charge < -0.3 is 14.4 Å². The van der Waals surface area contributed by atoms with Crippen LogP contribution in [0.5, 0.6) is 5.75 Å². The number of ether oxygens (including phenoxy) is 2. The van der Waals surface area contributed by atoms with Crippen molar-refractivity contribution >= 4 is 12.2 Å². The van der Waals surface area contributed by atoms with Gasteiger partial charge in [0.15, 0.2) is 0 Å². The van der Waals surface area contributed by atoms with Gasteiger partial charge in [-0.2, -0.15) is 0 Å². The van der Waals surface area contributed by atoms with Gasteiger partial charge in [0.25, 0.3) is 0 Å². The maximum atomic E-state index is 12.2. The molecule has 2 aromatic rings. The minimum absolute atomic E-state index is 0.213. The van der Waals surface area contributed by atoms with E-state index in [2.05, 4.69) is 61.2 Å². The summed E-state index contributed by atoms with van der Waals surface area (Å²) in [6.07, 6.45) is 3.92. The van der Waals surface area contributed by atoms with Gasteiger partial charge in [-0.25, -0.2) is 4.79 Å². The van der Waals surface area contributed by atoms with E-state index in [9.17, 15) is 4.79 Å². The van der Waals surface area contributed by atoms with Crippen LogP contribution in [-0.4, -0.2) is 54.3 Å². The topological polar surface area (TPSA) is 42.0 Å². The number of amides is 1. The lowest BCUT2D eigenvalue weighted by molar-refractivity contribution is 0.0139. The third kappa shape index (κ3) is 8.25. The van der Waals surface area contributed by atoms with Crippen LogP contribution in [0.2, 0.25) is 0 Å². The largest absolute Gasteiger partial charge is 0.490 e. The number of hydrogen-bond donors (Lipinski definition) is 0. The first-order valence-electron chi connectivity index (χ1n) is 11.9. The second kappa shape index (κ2) is 11.4. The molecule has 0 N–H and O–H groups in total. The SMILES string of the molecule is CC(C)c1ccc(OCC=Cc2ccc(CN3CCN(C(=O)OC(C)(C)C)CC3)cc2)cc1. The quantitative estimate of drug-likeness (QED) is 0.522. The molecule has 0 spiro atoms. The molecule has 0 atom stereocenters. The van der Waals surface area contributed by atoms with Crippen molar-refractivity contribution in [3.63, 3.8) is 0 Å². The standard InChI is InChI=1S/C28H38N2O3/c1-22(2)25-12-14-26(15-13-25)32-20-6-7-23-8-10-24(11-9-23)21-29-16-18-30(19-17-29)27(31)33-28(3,4)5/h6-15,22H,16-21H2,1-5H3. The molecule has 178 valence electrons. The molecule has 1 fully saturated rings. The van der Waals surface area contributed by atoms with Crippen molar-refractivity contribution in [3.05, 3.63) is 71.3 Å². The first kappa shape index (κ1) is 24.8. The Morgan fingerprint density at radius 3 is 2.18 bits per heavy atom. The van der Waals surface area contributed by atoms with Crippen molar-refractivity contribution < 1.29 is 14.3 Å². The summed E-state index contributed by atoms with van der Waals surface area (Å²) in [4.78, 5) is 16.4. The maximum absolute atomic E-state index is 12.2. The Morgan fingerprint density at radius 1 is 0.970 bits per heavy atom. The monoisotopic (exact) mass is 450 g/mol. The summed E-state index contributed by atoms with van der Waals surface area (Å²) in [6, 6.07) is 16.9. The molecule has 0 unspecified atom stereocenters. The third-order valence-electron chi connectivity index (χ3n) is 5.61. The van der Waals surface area contributed by atoms with Crippen LogP contribution < -0.4 is 4.74 Å². The molecule has 5 heteroatoms. The summed E-state index contributed by atoms with van der Waals surface area (Å²) >= 11 is 0. The van der Waals surface area contributed by atoms with Crippen molar-refractivity contribution in [2.45, 2.75) is 52.7 Å². The summed E-state index contributed by atoms with van der Waals surface area (Å²) < 4.78 is 11.3. The van der Waals surface area contributed by atoms with E-state index >= 15 is 0 Å². The summed E-state index contributed by atoms with van der Waals surface area (Å²) in [5.74, 6) is 1.43. The predicted octanol–water partition coefficient (Wildman–Crippen LogP) is 5.95. The fourth-order valence-electron chi connectivity index (χ4n) is 3.68. The van der Waals surface area contributed by atoms with Crippen LogP contribution in [0.3, 0.4) is 0 Å². The second-order valence-electron chi connectivity index (χ2n) is 9.92. The number of piperazine rings is 1. The van der Waals surface area contributed by atoms with Gasteiger partial charge in [-0.3, -0.25) is 4.90 Å². The molecule has 0 aliphatic carbocycles. The van der Waals surface area contributed by atoms with E-state index in [-0.39, 0.29) is 6.09 Å². The van der Waals surface area contributed by atoms with Gasteiger partial charge in [0, 0.05) is 32.7 Å². The van der Waals surface area contributed by atoms with Crippen molar-refractivity contribution in [2.75, 3.05) is 32.8 Å². The first-order chi connectivity index (χ1) is 15.7. The molecule has 0 aromatic heterocycles. The Kier molecular flexibility index (Phi) is 8.56. The van der Waals surface area contributed by atoms with E-state index < -0.39 is 5.60 Å². The van der Waals surface area contributed by atoms with Gasteiger partial charge in [-0.15, -0.1) is 0 Å². The van der Waals surface area contributed by atoms with Crippen LogP contribution in [0, 0.1) is 0 Å². The van der Waals surface area contributed by atoms with Gasteiger partial charge in [0.2, 0.25) is 0 Å². The molecule has 5 nitrogen and oxygen atoms in total. The van der Waals surface area contributed by atoms with Gasteiger partial charge >= 0.3 is 6.09 Å². The second-order valence-corrected chi connectivity index (χ2v) is 9.92. The number of rotatable bonds is 7. The number of hydrogen-bond acceptors (Lipinski definition) is 4. The Bertz CT molecular complexity index is 904. The molecule has 0 radical (unpaired) electrons. The fraction of sp³-hybridized carbons (Fsp3) is 0.464. The van der Waals surface area contributed by atoms with Crippen molar-refractivity contribution in [1.82, 2.24) is 9.80 Å². The van der Waals surface area contributed by atoms with E-state index in [1.54, 1.807) is 4.90 Å². The highest BCUT2D eigenvalue weighted by Crippen LogP contribution is 2.19. The number of nitrogens with zero attached hydrogens (tertiary/aromatic N) is 2. The van der Waals surface area contributed by atoms with Crippen LogP contribution >= 0.6 is 0 Å². The highest BCUT2D eigenvalue weighted by molar-refractivity contribution is 5.68. The van der Waals surface area contributed by atoms with Crippen molar-refractivity contribution in [3.8, 4) is 5.75 Å². The highest BCUT2D eigenvalue weighted by Gasteiger charge is 2.25. The van der Waals surface area contributed by atoms with E-state index in [0.29, 0.717) is 25.6 Å². The average Bonchev–Trinajstić information content (AvgIpc) is 2.77. The van der Waals surface area contributed by atoms with E-state index in [0.717, 1.165) is 30.9 Å².